The second-order valence-corrected chi connectivity index (χ2v) is 9.22. The molecular formula is C26H27N3O2. The van der Waals surface area contributed by atoms with E-state index in [1.807, 2.05) is 10.6 Å². The number of hydrogen-bond donors (Lipinski definition) is 1. The van der Waals surface area contributed by atoms with Gasteiger partial charge >= 0.3 is 0 Å². The molecule has 5 nitrogen and oxygen atoms in total. The molecule has 0 saturated carbocycles. The van der Waals surface area contributed by atoms with Gasteiger partial charge in [-0.2, -0.15) is 0 Å². The normalized spacial score (nSPS) is 22.0. The molecule has 4 heterocycles. The van der Waals surface area contributed by atoms with Gasteiger partial charge in [-0.3, -0.25) is 9.69 Å². The van der Waals surface area contributed by atoms with Crippen LogP contribution in [0.5, 0.6) is 0 Å². The third-order valence-electron chi connectivity index (χ3n) is 7.10. The first-order valence-electron chi connectivity index (χ1n) is 11.2. The second kappa shape index (κ2) is 7.36. The van der Waals surface area contributed by atoms with Gasteiger partial charge in [0.25, 0.3) is 5.56 Å². The fourth-order valence-corrected chi connectivity index (χ4v) is 5.91. The van der Waals surface area contributed by atoms with Gasteiger partial charge in [-0.25, -0.2) is 0 Å². The number of pyridine rings is 1. The van der Waals surface area contributed by atoms with E-state index in [0.29, 0.717) is 24.9 Å². The number of para-hydroxylation sites is 2. The number of aliphatic hydroxyl groups is 1. The molecule has 1 fully saturated rings. The Hall–Kier alpha value is -2.89. The zero-order valence-electron chi connectivity index (χ0n) is 17.5. The summed E-state index contributed by atoms with van der Waals surface area (Å²) in [4.78, 5) is 14.7. The van der Waals surface area contributed by atoms with Crippen LogP contribution in [-0.2, 0) is 13.1 Å². The lowest BCUT2D eigenvalue weighted by Gasteiger charge is -2.43. The number of β-amino-alcohol motifs (C(OH)–C–C–N with tert-alkyl or cyclic N) is 1. The van der Waals surface area contributed by atoms with Crippen LogP contribution in [0.15, 0.2) is 71.5 Å². The Bertz CT molecular complexity index is 1270. The van der Waals surface area contributed by atoms with Crippen LogP contribution in [0.1, 0.15) is 18.0 Å². The first-order valence-corrected chi connectivity index (χ1v) is 11.2. The number of aliphatic hydroxyl groups excluding tert-OH is 1. The smallest absolute Gasteiger partial charge is 0.250 e. The highest BCUT2D eigenvalue weighted by Crippen LogP contribution is 2.35. The van der Waals surface area contributed by atoms with E-state index in [4.69, 9.17) is 0 Å². The molecule has 2 aliphatic rings. The minimum absolute atomic E-state index is 0.118. The van der Waals surface area contributed by atoms with Gasteiger partial charge in [-0.05, 0) is 30.5 Å². The van der Waals surface area contributed by atoms with Crippen molar-refractivity contribution in [3.63, 3.8) is 0 Å². The van der Waals surface area contributed by atoms with Gasteiger partial charge in [0.05, 0.1) is 12.6 Å². The maximum atomic E-state index is 12.3. The minimum Gasteiger partial charge on any atom is -0.390 e. The SMILES string of the molecule is O=c1cccc2n1C[C@@H]1C[C@H]2CN(CC(O)Cn2c3ccccc3c3ccccc32)C1. The number of fused-ring (bicyclic) bond motifs is 7. The second-order valence-electron chi connectivity index (χ2n) is 9.22. The maximum absolute atomic E-state index is 12.3. The number of rotatable bonds is 4. The summed E-state index contributed by atoms with van der Waals surface area (Å²) in [5.41, 5.74) is 3.62. The van der Waals surface area contributed by atoms with E-state index >= 15 is 0 Å². The number of nitrogens with zero attached hydrogens (tertiary/aromatic N) is 3. The standard InChI is InChI=1S/C26H27N3O2/c30-20(17-28-24-8-3-1-6-21(24)22-7-2-4-9-25(22)28)16-27-13-18-12-19(15-27)23-10-5-11-26(31)29(23)14-18/h1-11,18-20,30H,12-17H2/t18-,19+,20?/m1/s1. The monoisotopic (exact) mass is 413 g/mol. The predicted molar refractivity (Wildman–Crippen MR) is 123 cm³/mol. The number of piperidine rings is 1. The number of aromatic nitrogens is 2. The molecule has 1 N–H and O–H groups in total. The first-order chi connectivity index (χ1) is 15.2. The molecule has 0 radical (unpaired) electrons. The molecule has 2 aromatic carbocycles. The quantitative estimate of drug-likeness (QED) is 0.558. The number of benzene rings is 2. The summed E-state index contributed by atoms with van der Waals surface area (Å²) in [5, 5.41) is 13.5. The summed E-state index contributed by atoms with van der Waals surface area (Å²) in [7, 11) is 0. The first kappa shape index (κ1) is 18.8. The molecule has 0 amide bonds. The Labute approximate surface area is 181 Å². The Morgan fingerprint density at radius 3 is 2.29 bits per heavy atom. The van der Waals surface area contributed by atoms with E-state index in [9.17, 15) is 9.90 Å². The molecular weight excluding hydrogens is 386 g/mol. The maximum Gasteiger partial charge on any atom is 0.250 e. The Balaban J connectivity index is 1.24. The highest BCUT2D eigenvalue weighted by atomic mass is 16.3. The van der Waals surface area contributed by atoms with E-state index in [0.717, 1.165) is 31.7 Å². The molecule has 0 aliphatic carbocycles. The van der Waals surface area contributed by atoms with Crippen molar-refractivity contribution in [2.45, 2.75) is 31.5 Å². The van der Waals surface area contributed by atoms with Crippen LogP contribution in [0.4, 0.5) is 0 Å². The van der Waals surface area contributed by atoms with Crippen LogP contribution in [0.2, 0.25) is 0 Å². The summed E-state index contributed by atoms with van der Waals surface area (Å²) in [6.45, 7) is 3.89. The highest BCUT2D eigenvalue weighted by Gasteiger charge is 2.35. The molecule has 4 aromatic rings. The van der Waals surface area contributed by atoms with E-state index in [2.05, 4.69) is 64.1 Å². The largest absolute Gasteiger partial charge is 0.390 e. The van der Waals surface area contributed by atoms with Crippen molar-refractivity contribution in [2.24, 2.45) is 5.92 Å². The van der Waals surface area contributed by atoms with Crippen molar-refractivity contribution in [2.75, 3.05) is 19.6 Å². The molecule has 2 aliphatic heterocycles. The number of likely N-dealkylation sites (tertiary alicyclic amines) is 1. The Morgan fingerprint density at radius 1 is 0.839 bits per heavy atom. The van der Waals surface area contributed by atoms with Gasteiger partial charge in [0, 0.05) is 65.7 Å². The molecule has 3 atom stereocenters. The zero-order chi connectivity index (χ0) is 20.9. The average molecular weight is 414 g/mol. The topological polar surface area (TPSA) is 50.4 Å². The predicted octanol–water partition coefficient (Wildman–Crippen LogP) is 3.44. The Morgan fingerprint density at radius 2 is 1.55 bits per heavy atom. The van der Waals surface area contributed by atoms with Gasteiger partial charge < -0.3 is 14.2 Å². The van der Waals surface area contributed by atoms with Crippen LogP contribution in [0.3, 0.4) is 0 Å². The summed E-state index contributed by atoms with van der Waals surface area (Å²) in [6, 6.07) is 22.5. The molecule has 5 heteroatoms. The molecule has 2 bridgehead atoms. The van der Waals surface area contributed by atoms with Crippen LogP contribution in [-0.4, -0.2) is 44.9 Å². The van der Waals surface area contributed by atoms with Gasteiger partial charge in [0.15, 0.2) is 0 Å². The van der Waals surface area contributed by atoms with Crippen LogP contribution >= 0.6 is 0 Å². The lowest BCUT2D eigenvalue weighted by molar-refractivity contribution is 0.0558. The lowest BCUT2D eigenvalue weighted by atomic mass is 9.83. The third-order valence-corrected chi connectivity index (χ3v) is 7.10. The third kappa shape index (κ3) is 3.20. The van der Waals surface area contributed by atoms with Crippen LogP contribution < -0.4 is 5.56 Å². The lowest BCUT2D eigenvalue weighted by Crippen LogP contribution is -2.49. The molecule has 2 aromatic heterocycles. The van der Waals surface area contributed by atoms with Crippen LogP contribution in [0, 0.1) is 5.92 Å². The summed E-state index contributed by atoms with van der Waals surface area (Å²) in [6.07, 6.45) is 0.694. The Kier molecular flexibility index (Phi) is 4.47. The highest BCUT2D eigenvalue weighted by molar-refractivity contribution is 6.07. The fraction of sp³-hybridized carbons (Fsp3) is 0.346. The average Bonchev–Trinajstić information content (AvgIpc) is 3.08. The fourth-order valence-electron chi connectivity index (χ4n) is 5.91. The van der Waals surface area contributed by atoms with Crippen molar-refractivity contribution in [1.82, 2.24) is 14.0 Å². The molecule has 1 unspecified atom stereocenters. The van der Waals surface area contributed by atoms with Gasteiger partial charge in [0.1, 0.15) is 0 Å². The van der Waals surface area contributed by atoms with Crippen molar-refractivity contribution < 1.29 is 5.11 Å². The summed E-state index contributed by atoms with van der Waals surface area (Å²) >= 11 is 0. The van der Waals surface area contributed by atoms with Gasteiger partial charge in [-0.15, -0.1) is 0 Å². The van der Waals surface area contributed by atoms with Crippen molar-refractivity contribution in [1.29, 1.82) is 0 Å². The van der Waals surface area contributed by atoms with E-state index in [1.165, 1.54) is 21.8 Å². The molecule has 158 valence electrons. The molecule has 6 rings (SSSR count). The summed E-state index contributed by atoms with van der Waals surface area (Å²) < 4.78 is 4.22. The minimum atomic E-state index is -0.448. The van der Waals surface area contributed by atoms with E-state index < -0.39 is 6.10 Å². The van der Waals surface area contributed by atoms with E-state index in [-0.39, 0.29) is 5.56 Å². The molecule has 1 saturated heterocycles. The van der Waals surface area contributed by atoms with Gasteiger partial charge in [-0.1, -0.05) is 42.5 Å². The molecule has 0 spiro atoms. The van der Waals surface area contributed by atoms with Crippen molar-refractivity contribution in [3.05, 3.63) is 82.8 Å². The number of hydrogen-bond acceptors (Lipinski definition) is 3. The summed E-state index contributed by atoms with van der Waals surface area (Å²) in [5.74, 6) is 0.855. The van der Waals surface area contributed by atoms with Gasteiger partial charge in [0.2, 0.25) is 0 Å². The zero-order valence-corrected chi connectivity index (χ0v) is 17.5. The van der Waals surface area contributed by atoms with Crippen LogP contribution in [0.25, 0.3) is 21.8 Å². The van der Waals surface area contributed by atoms with Crippen molar-refractivity contribution >= 4 is 21.8 Å². The molecule has 31 heavy (non-hydrogen) atoms. The van der Waals surface area contributed by atoms with E-state index in [1.54, 1.807) is 6.07 Å². The van der Waals surface area contributed by atoms with Crippen molar-refractivity contribution in [3.8, 4) is 0 Å².